The van der Waals surface area contributed by atoms with Crippen LogP contribution in [0.3, 0.4) is 0 Å². The predicted molar refractivity (Wildman–Crippen MR) is 67.7 cm³/mol. The average Bonchev–Trinajstić information content (AvgIpc) is 2.43. The molecular formula is C12H13N3O4. The lowest BCUT2D eigenvalue weighted by atomic mass is 10.1. The number of nitrogens with zero attached hydrogens (tertiary/aromatic N) is 3. The molecule has 0 aliphatic carbocycles. The number of likely N-dealkylation sites (N-methyl/N-ethyl adjacent to an activating group) is 1. The zero-order valence-corrected chi connectivity index (χ0v) is 10.6. The van der Waals surface area contributed by atoms with Crippen LogP contribution in [-0.2, 0) is 9.53 Å². The van der Waals surface area contributed by atoms with Gasteiger partial charge in [-0.3, -0.25) is 14.9 Å². The summed E-state index contributed by atoms with van der Waals surface area (Å²) in [6.45, 7) is 2.29. The van der Waals surface area contributed by atoms with E-state index >= 15 is 0 Å². The van der Waals surface area contributed by atoms with Gasteiger partial charge in [-0.1, -0.05) is 0 Å². The molecular weight excluding hydrogens is 250 g/mol. The topological polar surface area (TPSA) is 96.5 Å². The Balaban J connectivity index is 3.12. The molecule has 1 aromatic carbocycles. The number of benzene rings is 1. The molecule has 0 heterocycles. The smallest absolute Gasteiger partial charge is 0.325 e. The molecule has 0 aromatic heterocycles. The molecule has 0 saturated carbocycles. The van der Waals surface area contributed by atoms with Gasteiger partial charge >= 0.3 is 5.97 Å². The first-order valence-electron chi connectivity index (χ1n) is 5.53. The molecule has 0 bridgehead atoms. The van der Waals surface area contributed by atoms with E-state index in [0.29, 0.717) is 12.2 Å². The van der Waals surface area contributed by atoms with E-state index in [1.165, 1.54) is 19.2 Å². The van der Waals surface area contributed by atoms with Gasteiger partial charge in [0.05, 0.1) is 12.0 Å². The SMILES string of the molecule is CCN(CC(=O)OC)c1ccc(C#N)c([N+](=O)[O-])c1. The van der Waals surface area contributed by atoms with Gasteiger partial charge in [-0.15, -0.1) is 0 Å². The molecule has 100 valence electrons. The summed E-state index contributed by atoms with van der Waals surface area (Å²) in [4.78, 5) is 23.1. The van der Waals surface area contributed by atoms with E-state index < -0.39 is 10.9 Å². The van der Waals surface area contributed by atoms with Crippen LogP contribution in [0.2, 0.25) is 0 Å². The van der Waals surface area contributed by atoms with Gasteiger partial charge in [0.2, 0.25) is 0 Å². The van der Waals surface area contributed by atoms with E-state index in [1.54, 1.807) is 17.0 Å². The first kappa shape index (κ1) is 14.4. The van der Waals surface area contributed by atoms with Crippen LogP contribution in [0.15, 0.2) is 18.2 Å². The summed E-state index contributed by atoms with van der Waals surface area (Å²) >= 11 is 0. The molecule has 0 amide bonds. The van der Waals surface area contributed by atoms with E-state index in [-0.39, 0.29) is 17.8 Å². The summed E-state index contributed by atoms with van der Waals surface area (Å²) in [6.07, 6.45) is 0. The normalized spacial score (nSPS) is 9.53. The van der Waals surface area contributed by atoms with E-state index in [9.17, 15) is 14.9 Å². The highest BCUT2D eigenvalue weighted by Gasteiger charge is 2.18. The third-order valence-corrected chi connectivity index (χ3v) is 2.59. The number of anilines is 1. The van der Waals surface area contributed by atoms with E-state index in [2.05, 4.69) is 4.74 Å². The Morgan fingerprint density at radius 3 is 2.74 bits per heavy atom. The van der Waals surface area contributed by atoms with Gasteiger partial charge in [0, 0.05) is 18.3 Å². The molecule has 0 aliphatic rings. The highest BCUT2D eigenvalue weighted by molar-refractivity contribution is 5.76. The number of nitro benzene ring substituents is 1. The lowest BCUT2D eigenvalue weighted by Gasteiger charge is -2.21. The van der Waals surface area contributed by atoms with Gasteiger partial charge in [-0.2, -0.15) is 5.26 Å². The molecule has 1 rings (SSSR count). The average molecular weight is 263 g/mol. The minimum absolute atomic E-state index is 0.00391. The van der Waals surface area contributed by atoms with Crippen LogP contribution in [0.5, 0.6) is 0 Å². The van der Waals surface area contributed by atoms with E-state index in [0.717, 1.165) is 0 Å². The van der Waals surface area contributed by atoms with Gasteiger partial charge in [0.15, 0.2) is 0 Å². The van der Waals surface area contributed by atoms with Gasteiger partial charge < -0.3 is 9.64 Å². The molecule has 0 radical (unpaired) electrons. The lowest BCUT2D eigenvalue weighted by Crippen LogP contribution is -2.30. The van der Waals surface area contributed by atoms with E-state index in [1.807, 2.05) is 6.92 Å². The third-order valence-electron chi connectivity index (χ3n) is 2.59. The Kier molecular flexibility index (Phi) is 4.83. The summed E-state index contributed by atoms with van der Waals surface area (Å²) in [5.41, 5.74) is 0.213. The second-order valence-corrected chi connectivity index (χ2v) is 3.66. The maximum atomic E-state index is 11.2. The monoisotopic (exact) mass is 263 g/mol. The zero-order valence-electron chi connectivity index (χ0n) is 10.6. The maximum absolute atomic E-state index is 11.2. The molecule has 0 spiro atoms. The first-order chi connectivity index (χ1) is 9.03. The molecule has 7 heteroatoms. The number of rotatable bonds is 5. The van der Waals surface area contributed by atoms with Crippen molar-refractivity contribution in [1.29, 1.82) is 5.26 Å². The highest BCUT2D eigenvalue weighted by Crippen LogP contribution is 2.25. The summed E-state index contributed by atoms with van der Waals surface area (Å²) < 4.78 is 4.56. The van der Waals surface area contributed by atoms with Crippen molar-refractivity contribution in [3.8, 4) is 6.07 Å². The van der Waals surface area contributed by atoms with Crippen LogP contribution in [0.4, 0.5) is 11.4 Å². The number of carbonyl (C=O) groups excluding carboxylic acids is 1. The Bertz CT molecular complexity index is 536. The maximum Gasteiger partial charge on any atom is 0.325 e. The highest BCUT2D eigenvalue weighted by atomic mass is 16.6. The van der Waals surface area contributed by atoms with Crippen molar-refractivity contribution >= 4 is 17.3 Å². The minimum atomic E-state index is -0.617. The predicted octanol–water partition coefficient (Wildman–Crippen LogP) is 1.47. The molecule has 0 unspecified atom stereocenters. The van der Waals surface area contributed by atoms with Crippen LogP contribution < -0.4 is 4.90 Å². The summed E-state index contributed by atoms with van der Waals surface area (Å²) in [6, 6.07) is 5.98. The van der Waals surface area contributed by atoms with Crippen LogP contribution in [0.25, 0.3) is 0 Å². The minimum Gasteiger partial charge on any atom is -0.468 e. The number of ether oxygens (including phenoxy) is 1. The molecule has 0 N–H and O–H groups in total. The van der Waals surface area contributed by atoms with Crippen molar-refractivity contribution in [2.45, 2.75) is 6.92 Å². The number of hydrogen-bond acceptors (Lipinski definition) is 6. The van der Waals surface area contributed by atoms with Crippen LogP contribution in [0.1, 0.15) is 12.5 Å². The third kappa shape index (κ3) is 3.42. The first-order valence-corrected chi connectivity index (χ1v) is 5.53. The second kappa shape index (κ2) is 6.35. The second-order valence-electron chi connectivity index (χ2n) is 3.66. The Hall–Kier alpha value is -2.62. The summed E-state index contributed by atoms with van der Waals surface area (Å²) in [5, 5.41) is 19.7. The lowest BCUT2D eigenvalue weighted by molar-refractivity contribution is -0.385. The quantitative estimate of drug-likeness (QED) is 0.453. The molecule has 0 saturated heterocycles. The van der Waals surface area contributed by atoms with Gasteiger partial charge in [0.1, 0.15) is 18.2 Å². The molecule has 0 fully saturated rings. The van der Waals surface area contributed by atoms with Crippen molar-refractivity contribution in [2.75, 3.05) is 25.1 Å². The van der Waals surface area contributed by atoms with Crippen LogP contribution in [-0.4, -0.2) is 31.1 Å². The largest absolute Gasteiger partial charge is 0.468 e. The molecule has 0 atom stereocenters. The number of nitro groups is 1. The number of esters is 1. The molecule has 19 heavy (non-hydrogen) atoms. The van der Waals surface area contributed by atoms with Crippen LogP contribution >= 0.6 is 0 Å². The zero-order chi connectivity index (χ0) is 14.4. The number of hydrogen-bond donors (Lipinski definition) is 0. The molecule has 1 aromatic rings. The number of carbonyl (C=O) groups is 1. The van der Waals surface area contributed by atoms with Gasteiger partial charge in [-0.25, -0.2) is 0 Å². The summed E-state index contributed by atoms with van der Waals surface area (Å²) in [5.74, 6) is -0.436. The van der Waals surface area contributed by atoms with Crippen molar-refractivity contribution in [2.24, 2.45) is 0 Å². The van der Waals surface area contributed by atoms with E-state index in [4.69, 9.17) is 5.26 Å². The van der Waals surface area contributed by atoms with Crippen molar-refractivity contribution in [3.63, 3.8) is 0 Å². The fraction of sp³-hybridized carbons (Fsp3) is 0.333. The fourth-order valence-corrected chi connectivity index (χ4v) is 1.57. The Morgan fingerprint density at radius 1 is 1.58 bits per heavy atom. The van der Waals surface area contributed by atoms with Crippen molar-refractivity contribution in [1.82, 2.24) is 0 Å². The van der Waals surface area contributed by atoms with Crippen molar-refractivity contribution < 1.29 is 14.5 Å². The standard InChI is InChI=1S/C12H13N3O4/c1-3-14(8-12(16)19-2)10-5-4-9(7-13)11(6-10)15(17)18/h4-6H,3,8H2,1-2H3. The van der Waals surface area contributed by atoms with Crippen LogP contribution in [0, 0.1) is 21.4 Å². The Morgan fingerprint density at radius 2 is 2.26 bits per heavy atom. The Labute approximate surface area is 110 Å². The van der Waals surface area contributed by atoms with Gasteiger partial charge in [0.25, 0.3) is 5.69 Å². The molecule has 7 nitrogen and oxygen atoms in total. The summed E-state index contributed by atoms with van der Waals surface area (Å²) in [7, 11) is 1.28. The van der Waals surface area contributed by atoms with Gasteiger partial charge in [-0.05, 0) is 19.1 Å². The number of nitriles is 1. The fourth-order valence-electron chi connectivity index (χ4n) is 1.57. The number of methoxy groups -OCH3 is 1. The van der Waals surface area contributed by atoms with Crippen molar-refractivity contribution in [3.05, 3.63) is 33.9 Å². The molecule has 0 aliphatic heterocycles.